The lowest BCUT2D eigenvalue weighted by Gasteiger charge is -2.20. The Morgan fingerprint density at radius 2 is 1.81 bits per heavy atom. The molecule has 0 fully saturated rings. The first-order valence-corrected chi connectivity index (χ1v) is 8.51. The zero-order valence-corrected chi connectivity index (χ0v) is 16.5. The molecule has 0 saturated carbocycles. The van der Waals surface area contributed by atoms with Crippen LogP contribution in [-0.4, -0.2) is 18.8 Å². The molecule has 0 heterocycles. The number of nitrogens with one attached hydrogen (secondary N) is 1. The maximum absolute atomic E-state index is 12.1. The number of rotatable bonds is 4. The van der Waals surface area contributed by atoms with Crippen LogP contribution in [0.2, 0.25) is 0 Å². The van der Waals surface area contributed by atoms with Crippen molar-refractivity contribution in [1.82, 2.24) is 0 Å². The van der Waals surface area contributed by atoms with Gasteiger partial charge in [0.2, 0.25) is 0 Å². The quantitative estimate of drug-likeness (QED) is 0.789. The Kier molecular flexibility index (Phi) is 5.96. The van der Waals surface area contributed by atoms with Crippen molar-refractivity contribution in [2.75, 3.05) is 12.4 Å². The Hall–Kier alpha value is -3.20. The average molecular weight is 368 g/mol. The number of carbonyl (C=O) groups is 1. The molecule has 0 unspecified atom stereocenters. The number of nitriles is 1. The van der Waals surface area contributed by atoms with Crippen molar-refractivity contribution in [3.8, 4) is 23.3 Å². The number of methoxy groups -OCH3 is 1. The van der Waals surface area contributed by atoms with E-state index in [0.29, 0.717) is 22.9 Å². The lowest BCUT2D eigenvalue weighted by atomic mass is 10.1. The van der Waals surface area contributed by atoms with E-state index in [4.69, 9.17) is 14.2 Å². The first-order valence-electron chi connectivity index (χ1n) is 8.51. The second kappa shape index (κ2) is 8.00. The van der Waals surface area contributed by atoms with Gasteiger partial charge in [0.1, 0.15) is 34.5 Å². The summed E-state index contributed by atoms with van der Waals surface area (Å²) in [6.07, 6.45) is -0.634. The maximum atomic E-state index is 12.1. The zero-order chi connectivity index (χ0) is 20.2. The summed E-state index contributed by atoms with van der Waals surface area (Å²) in [4.78, 5) is 12.1. The topological polar surface area (TPSA) is 80.6 Å². The molecule has 0 atom stereocenters. The van der Waals surface area contributed by atoms with E-state index in [1.165, 1.54) is 0 Å². The molecular weight excluding hydrogens is 344 g/mol. The van der Waals surface area contributed by atoms with E-state index in [1.807, 2.05) is 26.0 Å². The highest BCUT2D eigenvalue weighted by atomic mass is 16.6. The normalized spacial score (nSPS) is 10.7. The fourth-order valence-electron chi connectivity index (χ4n) is 2.55. The minimum atomic E-state index is -0.639. The minimum absolute atomic E-state index is 0.213. The van der Waals surface area contributed by atoms with Gasteiger partial charge in [0.25, 0.3) is 0 Å². The van der Waals surface area contributed by atoms with Gasteiger partial charge in [-0.25, -0.2) is 4.79 Å². The lowest BCUT2D eigenvalue weighted by molar-refractivity contribution is 0.0636. The van der Waals surface area contributed by atoms with Crippen LogP contribution in [-0.2, 0) is 4.74 Å². The van der Waals surface area contributed by atoms with E-state index in [9.17, 15) is 10.1 Å². The number of carbonyl (C=O) groups excluding carboxylic acids is 1. The highest BCUT2D eigenvalue weighted by Crippen LogP contribution is 2.37. The molecule has 6 nitrogen and oxygen atoms in total. The smallest absolute Gasteiger partial charge is 0.412 e. The molecule has 0 aliphatic heterocycles. The summed E-state index contributed by atoms with van der Waals surface area (Å²) >= 11 is 0. The fraction of sp³-hybridized carbons (Fsp3) is 0.333. The van der Waals surface area contributed by atoms with E-state index >= 15 is 0 Å². The van der Waals surface area contributed by atoms with Crippen LogP contribution in [0.3, 0.4) is 0 Å². The number of amides is 1. The number of anilines is 1. The average Bonchev–Trinajstić information content (AvgIpc) is 2.57. The Morgan fingerprint density at radius 1 is 1.11 bits per heavy atom. The number of hydrogen-bond donors (Lipinski definition) is 1. The molecule has 0 aliphatic carbocycles. The van der Waals surface area contributed by atoms with Gasteiger partial charge in [-0.3, -0.25) is 5.32 Å². The van der Waals surface area contributed by atoms with E-state index in [2.05, 4.69) is 11.4 Å². The molecule has 1 N–H and O–H groups in total. The standard InChI is InChI=1S/C21H24N2O4/c1-13-10-11-17(25-6)14(2)19(13)26-18-9-7-8-16(15(18)12-22)23-20(24)27-21(3,4)5/h7-11H,1-6H3,(H,23,24). The molecule has 0 saturated heterocycles. The monoisotopic (exact) mass is 368 g/mol. The van der Waals surface area contributed by atoms with E-state index in [-0.39, 0.29) is 5.56 Å². The summed E-state index contributed by atoms with van der Waals surface area (Å²) in [5.41, 5.74) is 1.63. The van der Waals surface area contributed by atoms with E-state index in [1.54, 1.807) is 46.1 Å². The molecule has 2 rings (SSSR count). The third-order valence-electron chi connectivity index (χ3n) is 3.76. The van der Waals surface area contributed by atoms with Crippen LogP contribution in [0, 0.1) is 25.2 Å². The van der Waals surface area contributed by atoms with Gasteiger partial charge in [-0.1, -0.05) is 12.1 Å². The highest BCUT2D eigenvalue weighted by molar-refractivity contribution is 5.87. The van der Waals surface area contributed by atoms with Crippen molar-refractivity contribution in [1.29, 1.82) is 5.26 Å². The number of ether oxygens (including phenoxy) is 3. The summed E-state index contributed by atoms with van der Waals surface area (Å²) in [5.74, 6) is 1.64. The van der Waals surface area contributed by atoms with Gasteiger partial charge in [0.15, 0.2) is 0 Å². The molecular formula is C21H24N2O4. The molecule has 0 radical (unpaired) electrons. The first-order chi connectivity index (χ1) is 12.7. The van der Waals surface area contributed by atoms with Crippen LogP contribution < -0.4 is 14.8 Å². The van der Waals surface area contributed by atoms with Crippen LogP contribution in [0.15, 0.2) is 30.3 Å². The molecule has 27 heavy (non-hydrogen) atoms. The molecule has 0 spiro atoms. The van der Waals surface area contributed by atoms with Gasteiger partial charge in [-0.15, -0.1) is 0 Å². The summed E-state index contributed by atoms with van der Waals surface area (Å²) in [6.45, 7) is 9.11. The molecule has 1 amide bonds. The number of hydrogen-bond acceptors (Lipinski definition) is 5. The summed E-state index contributed by atoms with van der Waals surface area (Å²) in [7, 11) is 1.59. The fourth-order valence-corrected chi connectivity index (χ4v) is 2.55. The summed E-state index contributed by atoms with van der Waals surface area (Å²) in [5, 5.41) is 12.2. The number of aryl methyl sites for hydroxylation is 1. The Bertz CT molecular complexity index is 892. The van der Waals surface area contributed by atoms with Crippen molar-refractivity contribution in [3.63, 3.8) is 0 Å². The second-order valence-electron chi connectivity index (χ2n) is 7.06. The van der Waals surface area contributed by atoms with E-state index in [0.717, 1.165) is 11.1 Å². The molecule has 142 valence electrons. The largest absolute Gasteiger partial charge is 0.496 e. The highest BCUT2D eigenvalue weighted by Gasteiger charge is 2.19. The van der Waals surface area contributed by atoms with Gasteiger partial charge in [0.05, 0.1) is 12.8 Å². The summed E-state index contributed by atoms with van der Waals surface area (Å²) < 4.78 is 16.6. The van der Waals surface area contributed by atoms with Crippen LogP contribution in [0.1, 0.15) is 37.5 Å². The van der Waals surface area contributed by atoms with Gasteiger partial charge in [0, 0.05) is 5.56 Å². The maximum Gasteiger partial charge on any atom is 0.412 e. The van der Waals surface area contributed by atoms with Gasteiger partial charge < -0.3 is 14.2 Å². The van der Waals surface area contributed by atoms with Crippen molar-refractivity contribution < 1.29 is 19.0 Å². The van der Waals surface area contributed by atoms with Crippen LogP contribution in [0.5, 0.6) is 17.2 Å². The predicted molar refractivity (Wildman–Crippen MR) is 104 cm³/mol. The third-order valence-corrected chi connectivity index (χ3v) is 3.76. The lowest BCUT2D eigenvalue weighted by Crippen LogP contribution is -2.27. The molecule has 2 aromatic rings. The minimum Gasteiger partial charge on any atom is -0.496 e. The van der Waals surface area contributed by atoms with Gasteiger partial charge in [-0.05, 0) is 58.4 Å². The second-order valence-corrected chi connectivity index (χ2v) is 7.06. The molecule has 0 aliphatic rings. The molecule has 0 aromatic heterocycles. The van der Waals surface area contributed by atoms with Crippen LogP contribution in [0.4, 0.5) is 10.5 Å². The van der Waals surface area contributed by atoms with Crippen LogP contribution in [0.25, 0.3) is 0 Å². The van der Waals surface area contributed by atoms with Gasteiger partial charge in [-0.2, -0.15) is 5.26 Å². The zero-order valence-electron chi connectivity index (χ0n) is 16.5. The SMILES string of the molecule is COc1ccc(C)c(Oc2cccc(NC(=O)OC(C)(C)C)c2C#N)c1C. The van der Waals surface area contributed by atoms with Crippen molar-refractivity contribution >= 4 is 11.8 Å². The summed E-state index contributed by atoms with van der Waals surface area (Å²) in [6, 6.07) is 10.8. The predicted octanol–water partition coefficient (Wildman–Crippen LogP) is 5.32. The van der Waals surface area contributed by atoms with Gasteiger partial charge >= 0.3 is 6.09 Å². The molecule has 0 bridgehead atoms. The van der Waals surface area contributed by atoms with Crippen molar-refractivity contribution in [2.24, 2.45) is 0 Å². The van der Waals surface area contributed by atoms with Crippen LogP contribution >= 0.6 is 0 Å². The first kappa shape index (κ1) is 20.1. The Morgan fingerprint density at radius 3 is 2.41 bits per heavy atom. The number of nitrogens with zero attached hydrogens (tertiary/aromatic N) is 1. The Balaban J connectivity index is 2.38. The Labute approximate surface area is 159 Å². The van der Waals surface area contributed by atoms with E-state index < -0.39 is 11.7 Å². The molecule has 6 heteroatoms. The van der Waals surface area contributed by atoms with Crippen molar-refractivity contribution in [2.45, 2.75) is 40.2 Å². The van der Waals surface area contributed by atoms with Crippen molar-refractivity contribution in [3.05, 3.63) is 47.0 Å². The third kappa shape index (κ3) is 4.91. The number of benzene rings is 2. The molecule has 2 aromatic carbocycles.